The second kappa shape index (κ2) is 8.63. The van der Waals surface area contributed by atoms with E-state index in [-0.39, 0.29) is 17.1 Å². The van der Waals surface area contributed by atoms with Gasteiger partial charge in [-0.05, 0) is 42.7 Å². The third kappa shape index (κ3) is 4.13. The summed E-state index contributed by atoms with van der Waals surface area (Å²) >= 11 is 12.2. The van der Waals surface area contributed by atoms with Gasteiger partial charge in [0, 0.05) is 22.3 Å². The zero-order valence-corrected chi connectivity index (χ0v) is 17.1. The Bertz CT molecular complexity index is 981. The van der Waals surface area contributed by atoms with Crippen LogP contribution < -0.4 is 0 Å². The Morgan fingerprint density at radius 2 is 1.86 bits per heavy atom. The van der Waals surface area contributed by atoms with Crippen molar-refractivity contribution >= 4 is 41.2 Å². The number of amides is 1. The minimum Gasteiger partial charge on any atom is -0.465 e. The SMILES string of the molecule is COC(=O)C1=C(C)N(CCc2ccccc2)C(=O)/C1=C\c1ccc(Cl)cc1Cl. The molecule has 0 saturated heterocycles. The quantitative estimate of drug-likeness (QED) is 0.514. The Morgan fingerprint density at radius 3 is 2.50 bits per heavy atom. The molecule has 1 amide bonds. The van der Waals surface area contributed by atoms with Crippen LogP contribution in [0.2, 0.25) is 10.0 Å². The third-order valence-electron chi connectivity index (χ3n) is 4.63. The third-order valence-corrected chi connectivity index (χ3v) is 5.19. The van der Waals surface area contributed by atoms with Crippen LogP contribution in [0.5, 0.6) is 0 Å². The number of hydrogen-bond acceptors (Lipinski definition) is 3. The average molecular weight is 416 g/mol. The summed E-state index contributed by atoms with van der Waals surface area (Å²) in [4.78, 5) is 27.1. The molecule has 2 aromatic rings. The van der Waals surface area contributed by atoms with Gasteiger partial charge in [-0.1, -0.05) is 59.6 Å². The summed E-state index contributed by atoms with van der Waals surface area (Å²) in [6.45, 7) is 2.21. The van der Waals surface area contributed by atoms with Gasteiger partial charge in [-0.3, -0.25) is 4.79 Å². The smallest absolute Gasteiger partial charge is 0.340 e. The van der Waals surface area contributed by atoms with E-state index in [9.17, 15) is 9.59 Å². The highest BCUT2D eigenvalue weighted by atomic mass is 35.5. The van der Waals surface area contributed by atoms with Crippen molar-refractivity contribution in [3.05, 3.63) is 86.5 Å². The predicted molar refractivity (Wildman–Crippen MR) is 111 cm³/mol. The van der Waals surface area contributed by atoms with Gasteiger partial charge in [0.25, 0.3) is 5.91 Å². The summed E-state index contributed by atoms with van der Waals surface area (Å²) in [5, 5.41) is 0.895. The molecule has 0 fully saturated rings. The van der Waals surface area contributed by atoms with Gasteiger partial charge in [-0.2, -0.15) is 0 Å². The van der Waals surface area contributed by atoms with Gasteiger partial charge in [-0.25, -0.2) is 4.79 Å². The Labute approximate surface area is 174 Å². The number of nitrogens with zero attached hydrogens (tertiary/aromatic N) is 1. The highest BCUT2D eigenvalue weighted by Crippen LogP contribution is 2.33. The van der Waals surface area contributed by atoms with E-state index in [2.05, 4.69) is 0 Å². The zero-order valence-electron chi connectivity index (χ0n) is 15.5. The topological polar surface area (TPSA) is 46.6 Å². The van der Waals surface area contributed by atoms with E-state index in [4.69, 9.17) is 27.9 Å². The van der Waals surface area contributed by atoms with E-state index in [1.807, 2.05) is 30.3 Å². The van der Waals surface area contributed by atoms with Crippen LogP contribution in [0.4, 0.5) is 0 Å². The van der Waals surface area contributed by atoms with Crippen molar-refractivity contribution < 1.29 is 14.3 Å². The normalized spacial score (nSPS) is 15.5. The highest BCUT2D eigenvalue weighted by molar-refractivity contribution is 6.35. The average Bonchev–Trinajstić information content (AvgIpc) is 2.92. The minimum atomic E-state index is -0.551. The maximum atomic E-state index is 13.1. The summed E-state index contributed by atoms with van der Waals surface area (Å²) in [7, 11) is 1.30. The van der Waals surface area contributed by atoms with Crippen molar-refractivity contribution in [2.24, 2.45) is 0 Å². The minimum absolute atomic E-state index is 0.250. The van der Waals surface area contributed by atoms with Crippen molar-refractivity contribution in [3.8, 4) is 0 Å². The first kappa shape index (κ1) is 20.2. The van der Waals surface area contributed by atoms with Crippen molar-refractivity contribution in [1.82, 2.24) is 4.90 Å². The number of carbonyl (C=O) groups excluding carboxylic acids is 2. The lowest BCUT2D eigenvalue weighted by Gasteiger charge is -2.17. The van der Waals surface area contributed by atoms with Crippen LogP contribution in [0, 0.1) is 0 Å². The number of hydrogen-bond donors (Lipinski definition) is 0. The van der Waals surface area contributed by atoms with Gasteiger partial charge in [0.1, 0.15) is 0 Å². The van der Waals surface area contributed by atoms with E-state index < -0.39 is 5.97 Å². The van der Waals surface area contributed by atoms with Crippen LogP contribution in [0.1, 0.15) is 18.1 Å². The van der Waals surface area contributed by atoms with Gasteiger partial charge < -0.3 is 9.64 Å². The number of benzene rings is 2. The van der Waals surface area contributed by atoms with Crippen LogP contribution in [-0.4, -0.2) is 30.4 Å². The monoisotopic (exact) mass is 415 g/mol. The molecule has 4 nitrogen and oxygen atoms in total. The summed E-state index contributed by atoms with van der Waals surface area (Å²) in [6, 6.07) is 14.9. The van der Waals surface area contributed by atoms with Gasteiger partial charge in [-0.15, -0.1) is 0 Å². The molecule has 0 N–H and O–H groups in total. The highest BCUT2D eigenvalue weighted by Gasteiger charge is 2.36. The van der Waals surface area contributed by atoms with E-state index >= 15 is 0 Å². The molecular weight excluding hydrogens is 397 g/mol. The van der Waals surface area contributed by atoms with E-state index in [1.165, 1.54) is 7.11 Å². The first-order chi connectivity index (χ1) is 13.4. The number of halogens is 2. The fourth-order valence-corrected chi connectivity index (χ4v) is 3.62. The van der Waals surface area contributed by atoms with Crippen molar-refractivity contribution in [3.63, 3.8) is 0 Å². The molecule has 3 rings (SSSR count). The first-order valence-corrected chi connectivity index (χ1v) is 9.50. The molecule has 0 bridgehead atoms. The number of carbonyl (C=O) groups is 2. The number of allylic oxidation sites excluding steroid dienone is 1. The number of methoxy groups -OCH3 is 1. The van der Waals surface area contributed by atoms with Crippen molar-refractivity contribution in [1.29, 1.82) is 0 Å². The lowest BCUT2D eigenvalue weighted by Crippen LogP contribution is -2.27. The Balaban J connectivity index is 1.96. The molecule has 0 aliphatic carbocycles. The van der Waals surface area contributed by atoms with Crippen molar-refractivity contribution in [2.75, 3.05) is 13.7 Å². The van der Waals surface area contributed by atoms with Crippen LogP contribution in [-0.2, 0) is 20.7 Å². The van der Waals surface area contributed by atoms with Gasteiger partial charge >= 0.3 is 5.97 Å². The molecule has 0 spiro atoms. The standard InChI is InChI=1S/C22H19Cl2NO3/c1-14-20(22(27)28-2)18(12-16-8-9-17(23)13-19(16)24)21(26)25(14)11-10-15-6-4-3-5-7-15/h3-9,12-13H,10-11H2,1-2H3/b18-12-. The van der Waals surface area contributed by atoms with E-state index in [0.29, 0.717) is 34.3 Å². The molecule has 6 heteroatoms. The molecule has 0 radical (unpaired) electrons. The lowest BCUT2D eigenvalue weighted by atomic mass is 10.0. The summed E-state index contributed by atoms with van der Waals surface area (Å²) in [5.41, 5.74) is 2.81. The fraction of sp³-hybridized carbons (Fsp3) is 0.182. The number of esters is 1. The first-order valence-electron chi connectivity index (χ1n) is 8.74. The van der Waals surface area contributed by atoms with Crippen molar-refractivity contribution in [2.45, 2.75) is 13.3 Å². The zero-order chi connectivity index (χ0) is 20.3. The molecule has 1 aliphatic heterocycles. The van der Waals surface area contributed by atoms with Crippen LogP contribution in [0.3, 0.4) is 0 Å². The maximum Gasteiger partial charge on any atom is 0.340 e. The Kier molecular flexibility index (Phi) is 6.22. The van der Waals surface area contributed by atoms with Crippen LogP contribution in [0.25, 0.3) is 6.08 Å². The second-order valence-corrected chi connectivity index (χ2v) is 7.21. The molecule has 0 unspecified atom stereocenters. The Morgan fingerprint density at radius 1 is 1.14 bits per heavy atom. The second-order valence-electron chi connectivity index (χ2n) is 6.37. The largest absolute Gasteiger partial charge is 0.465 e. The van der Waals surface area contributed by atoms with Crippen LogP contribution in [0.15, 0.2) is 65.4 Å². The molecule has 1 heterocycles. The van der Waals surface area contributed by atoms with Crippen LogP contribution >= 0.6 is 23.2 Å². The summed E-state index contributed by atoms with van der Waals surface area (Å²) < 4.78 is 4.91. The molecular formula is C22H19Cl2NO3. The van der Waals surface area contributed by atoms with Gasteiger partial charge in [0.15, 0.2) is 0 Å². The Hall–Kier alpha value is -2.56. The molecule has 1 aliphatic rings. The number of ether oxygens (including phenoxy) is 1. The molecule has 28 heavy (non-hydrogen) atoms. The maximum absolute atomic E-state index is 13.1. The number of rotatable bonds is 5. The molecule has 0 aromatic heterocycles. The lowest BCUT2D eigenvalue weighted by molar-refractivity contribution is -0.136. The molecule has 2 aromatic carbocycles. The van der Waals surface area contributed by atoms with Gasteiger partial charge in [0.05, 0.1) is 18.3 Å². The fourth-order valence-electron chi connectivity index (χ4n) is 3.16. The molecule has 0 saturated carbocycles. The summed E-state index contributed by atoms with van der Waals surface area (Å²) in [6.07, 6.45) is 2.28. The molecule has 0 atom stereocenters. The predicted octanol–water partition coefficient (Wildman–Crippen LogP) is 4.91. The van der Waals surface area contributed by atoms with E-state index in [0.717, 1.165) is 5.56 Å². The van der Waals surface area contributed by atoms with E-state index in [1.54, 1.807) is 36.1 Å². The molecule has 144 valence electrons. The van der Waals surface area contributed by atoms with Gasteiger partial charge in [0.2, 0.25) is 0 Å². The summed E-state index contributed by atoms with van der Waals surface area (Å²) in [5.74, 6) is -0.802.